The molecule has 29 heavy (non-hydrogen) atoms. The number of hydrogen-bond donors (Lipinski definition) is 1. The van der Waals surface area contributed by atoms with Crippen molar-refractivity contribution < 1.29 is 4.79 Å². The lowest BCUT2D eigenvalue weighted by molar-refractivity contribution is -0.121. The number of piperidine rings is 1. The van der Waals surface area contributed by atoms with Crippen molar-refractivity contribution in [3.63, 3.8) is 0 Å². The smallest absolute Gasteiger partial charge is 0.266 e. The number of carbonyl (C=O) groups excluding carboxylic acids is 1. The molecule has 1 amide bonds. The predicted molar refractivity (Wildman–Crippen MR) is 116 cm³/mol. The SMILES string of the molecule is CC1CCN(CCCNC(=O)CCn2nc(-c3ccc(Cl)cc3)ccc2=O)CC1. The van der Waals surface area contributed by atoms with Crippen molar-refractivity contribution in [2.45, 2.75) is 39.2 Å². The lowest BCUT2D eigenvalue weighted by atomic mass is 9.99. The first kappa shape index (κ1) is 21.5. The van der Waals surface area contributed by atoms with E-state index >= 15 is 0 Å². The van der Waals surface area contributed by atoms with Crippen molar-refractivity contribution in [2.75, 3.05) is 26.2 Å². The van der Waals surface area contributed by atoms with Crippen molar-refractivity contribution >= 4 is 17.5 Å². The van der Waals surface area contributed by atoms with Crippen LogP contribution in [0.15, 0.2) is 41.2 Å². The molecule has 1 saturated heterocycles. The maximum Gasteiger partial charge on any atom is 0.266 e. The van der Waals surface area contributed by atoms with Gasteiger partial charge in [-0.1, -0.05) is 30.7 Å². The summed E-state index contributed by atoms with van der Waals surface area (Å²) in [6.45, 7) is 6.58. The first-order valence-electron chi connectivity index (χ1n) is 10.3. The first-order valence-corrected chi connectivity index (χ1v) is 10.7. The van der Waals surface area contributed by atoms with Crippen LogP contribution >= 0.6 is 11.6 Å². The molecule has 0 spiro atoms. The quantitative estimate of drug-likeness (QED) is 0.671. The summed E-state index contributed by atoms with van der Waals surface area (Å²) in [6, 6.07) is 10.4. The summed E-state index contributed by atoms with van der Waals surface area (Å²) in [6.07, 6.45) is 3.72. The number of aryl methyl sites for hydroxylation is 1. The van der Waals surface area contributed by atoms with Crippen molar-refractivity contribution in [2.24, 2.45) is 5.92 Å². The summed E-state index contributed by atoms with van der Waals surface area (Å²) >= 11 is 5.92. The van der Waals surface area contributed by atoms with Crippen molar-refractivity contribution in [1.82, 2.24) is 20.0 Å². The Morgan fingerprint density at radius 1 is 1.14 bits per heavy atom. The molecule has 1 aromatic carbocycles. The number of hydrogen-bond acceptors (Lipinski definition) is 4. The molecule has 0 aliphatic carbocycles. The second-order valence-electron chi connectivity index (χ2n) is 7.76. The van der Waals surface area contributed by atoms with Gasteiger partial charge in [-0.3, -0.25) is 9.59 Å². The molecule has 0 bridgehead atoms. The van der Waals surface area contributed by atoms with Crippen LogP contribution in [0, 0.1) is 5.92 Å². The van der Waals surface area contributed by atoms with Crippen LogP contribution in [0.2, 0.25) is 5.02 Å². The number of carbonyl (C=O) groups is 1. The van der Waals surface area contributed by atoms with E-state index in [0.29, 0.717) is 17.3 Å². The van der Waals surface area contributed by atoms with Gasteiger partial charge in [0.1, 0.15) is 0 Å². The summed E-state index contributed by atoms with van der Waals surface area (Å²) in [5.41, 5.74) is 1.34. The highest BCUT2D eigenvalue weighted by molar-refractivity contribution is 6.30. The molecular formula is C22H29ClN4O2. The zero-order valence-electron chi connectivity index (χ0n) is 16.9. The highest BCUT2D eigenvalue weighted by Crippen LogP contribution is 2.18. The fourth-order valence-electron chi connectivity index (χ4n) is 3.50. The summed E-state index contributed by atoms with van der Waals surface area (Å²) in [5.74, 6) is 0.782. The van der Waals surface area contributed by atoms with Crippen LogP contribution < -0.4 is 10.9 Å². The Labute approximate surface area is 176 Å². The molecule has 7 heteroatoms. The molecule has 1 aliphatic rings. The Balaban J connectivity index is 1.43. The minimum atomic E-state index is -0.213. The summed E-state index contributed by atoms with van der Waals surface area (Å²) in [5, 5.41) is 7.98. The van der Waals surface area contributed by atoms with E-state index in [1.807, 2.05) is 12.1 Å². The third-order valence-electron chi connectivity index (χ3n) is 5.41. The molecule has 156 valence electrons. The summed E-state index contributed by atoms with van der Waals surface area (Å²) in [7, 11) is 0. The maximum absolute atomic E-state index is 12.1. The molecule has 0 atom stereocenters. The van der Waals surface area contributed by atoms with E-state index in [1.54, 1.807) is 18.2 Å². The van der Waals surface area contributed by atoms with Gasteiger partial charge in [-0.2, -0.15) is 5.10 Å². The van der Waals surface area contributed by atoms with Crippen LogP contribution in [0.3, 0.4) is 0 Å². The largest absolute Gasteiger partial charge is 0.356 e. The Bertz CT molecular complexity index is 858. The molecule has 0 unspecified atom stereocenters. The fraction of sp³-hybridized carbons (Fsp3) is 0.500. The minimum absolute atomic E-state index is 0.0529. The third kappa shape index (κ3) is 6.68. The monoisotopic (exact) mass is 416 g/mol. The average molecular weight is 417 g/mol. The number of aromatic nitrogens is 2. The Morgan fingerprint density at radius 3 is 2.59 bits per heavy atom. The van der Waals surface area contributed by atoms with Gasteiger partial charge in [-0.05, 0) is 63.0 Å². The van der Waals surface area contributed by atoms with Gasteiger partial charge in [0.2, 0.25) is 5.91 Å². The molecule has 2 aromatic rings. The first-order chi connectivity index (χ1) is 14.0. The van der Waals surface area contributed by atoms with Gasteiger partial charge in [0, 0.05) is 29.6 Å². The average Bonchev–Trinajstić information content (AvgIpc) is 2.72. The van der Waals surface area contributed by atoms with Crippen LogP contribution in [-0.2, 0) is 11.3 Å². The minimum Gasteiger partial charge on any atom is -0.356 e. The highest BCUT2D eigenvalue weighted by Gasteiger charge is 2.15. The van der Waals surface area contributed by atoms with Crippen molar-refractivity contribution in [3.8, 4) is 11.3 Å². The molecule has 0 saturated carbocycles. The number of nitrogens with one attached hydrogen (secondary N) is 1. The zero-order valence-corrected chi connectivity index (χ0v) is 17.7. The van der Waals surface area contributed by atoms with E-state index in [4.69, 9.17) is 11.6 Å². The molecule has 0 radical (unpaired) electrons. The zero-order chi connectivity index (χ0) is 20.6. The van der Waals surface area contributed by atoms with Crippen LogP contribution in [0.4, 0.5) is 0 Å². The van der Waals surface area contributed by atoms with Crippen molar-refractivity contribution in [3.05, 3.63) is 51.8 Å². The van der Waals surface area contributed by atoms with Gasteiger partial charge in [-0.25, -0.2) is 4.68 Å². The van der Waals surface area contributed by atoms with Crippen LogP contribution in [-0.4, -0.2) is 46.8 Å². The molecular weight excluding hydrogens is 388 g/mol. The second-order valence-corrected chi connectivity index (χ2v) is 8.20. The van der Waals surface area contributed by atoms with E-state index in [0.717, 1.165) is 37.5 Å². The number of likely N-dealkylation sites (tertiary alicyclic amines) is 1. The lowest BCUT2D eigenvalue weighted by Gasteiger charge is -2.30. The van der Waals surface area contributed by atoms with Gasteiger partial charge in [-0.15, -0.1) is 0 Å². The molecule has 1 N–H and O–H groups in total. The molecule has 6 nitrogen and oxygen atoms in total. The van der Waals surface area contributed by atoms with Gasteiger partial charge >= 0.3 is 0 Å². The number of nitrogens with zero attached hydrogens (tertiary/aromatic N) is 3. The van der Waals surface area contributed by atoms with Gasteiger partial charge in [0.25, 0.3) is 5.56 Å². The molecule has 1 aliphatic heterocycles. The third-order valence-corrected chi connectivity index (χ3v) is 5.66. The van der Waals surface area contributed by atoms with Crippen molar-refractivity contribution in [1.29, 1.82) is 0 Å². The second kappa shape index (κ2) is 10.6. The lowest BCUT2D eigenvalue weighted by Crippen LogP contribution is -2.35. The normalized spacial score (nSPS) is 15.4. The molecule has 1 aromatic heterocycles. The number of rotatable bonds is 8. The van der Waals surface area contributed by atoms with E-state index in [9.17, 15) is 9.59 Å². The Hall–Kier alpha value is -2.18. The number of benzene rings is 1. The summed E-state index contributed by atoms with van der Waals surface area (Å²) in [4.78, 5) is 26.7. The predicted octanol–water partition coefficient (Wildman–Crippen LogP) is 3.19. The number of amides is 1. The van der Waals surface area contributed by atoms with E-state index in [1.165, 1.54) is 23.6 Å². The highest BCUT2D eigenvalue weighted by atomic mass is 35.5. The Morgan fingerprint density at radius 2 is 1.86 bits per heavy atom. The van der Waals surface area contributed by atoms with E-state index in [2.05, 4.69) is 22.2 Å². The van der Waals surface area contributed by atoms with Crippen LogP contribution in [0.25, 0.3) is 11.3 Å². The Kier molecular flexibility index (Phi) is 7.83. The standard InChI is InChI=1S/C22H29ClN4O2/c1-17-9-14-26(15-10-17)13-2-12-24-21(28)11-16-27-22(29)8-7-20(25-27)18-3-5-19(23)6-4-18/h3-8,17H,2,9-16H2,1H3,(H,24,28). The molecule has 2 heterocycles. The van der Waals surface area contributed by atoms with Gasteiger partial charge in [0.15, 0.2) is 0 Å². The number of halogens is 1. The van der Waals surface area contributed by atoms with E-state index < -0.39 is 0 Å². The van der Waals surface area contributed by atoms with Crippen LogP contribution in [0.1, 0.15) is 32.6 Å². The van der Waals surface area contributed by atoms with Gasteiger partial charge in [0.05, 0.1) is 12.2 Å². The fourth-order valence-corrected chi connectivity index (χ4v) is 3.62. The topological polar surface area (TPSA) is 67.2 Å². The van der Waals surface area contributed by atoms with Gasteiger partial charge < -0.3 is 10.2 Å². The van der Waals surface area contributed by atoms with Crippen LogP contribution in [0.5, 0.6) is 0 Å². The maximum atomic E-state index is 12.1. The molecule has 3 rings (SSSR count). The molecule has 1 fully saturated rings. The van der Waals surface area contributed by atoms with E-state index in [-0.39, 0.29) is 24.4 Å². The summed E-state index contributed by atoms with van der Waals surface area (Å²) < 4.78 is 1.35.